The van der Waals surface area contributed by atoms with Crippen molar-refractivity contribution in [3.8, 4) is 0 Å². The van der Waals surface area contributed by atoms with E-state index in [1.807, 2.05) is 0 Å². The van der Waals surface area contributed by atoms with Gasteiger partial charge in [-0.1, -0.05) is 0 Å². The minimum atomic E-state index is -0.833. The molecule has 0 aromatic rings. The van der Waals surface area contributed by atoms with Gasteiger partial charge in [0.25, 0.3) is 5.97 Å². The molecule has 0 radical (unpaired) electrons. The van der Waals surface area contributed by atoms with Crippen LogP contribution in [0, 0.1) is 0 Å². The van der Waals surface area contributed by atoms with Crippen molar-refractivity contribution in [3.05, 3.63) is 0 Å². The topological polar surface area (TPSA) is 43.8 Å². The van der Waals surface area contributed by atoms with Crippen molar-refractivity contribution in [2.24, 2.45) is 0 Å². The Labute approximate surface area is 80.1 Å². The van der Waals surface area contributed by atoms with Crippen molar-refractivity contribution < 1.29 is 9.90 Å². The maximum Gasteiger partial charge on any atom is 0.300 e. The number of nitrogens with zero attached hydrogens (tertiary/aromatic N) is 2. The van der Waals surface area contributed by atoms with Gasteiger partial charge >= 0.3 is 0 Å². The molecule has 1 N–H and O–H groups in total. The molecule has 0 aromatic heterocycles. The molecule has 1 aliphatic heterocycles. The molecule has 0 spiro atoms. The Bertz CT molecular complexity index is 158. The molecule has 0 bridgehead atoms. The van der Waals surface area contributed by atoms with E-state index in [9.17, 15) is 0 Å². The minimum absolute atomic E-state index is 0.740. The second kappa shape index (κ2) is 5.94. The zero-order chi connectivity index (χ0) is 10.4. The minimum Gasteiger partial charge on any atom is -0.481 e. The molecule has 13 heavy (non-hydrogen) atoms. The molecule has 0 aliphatic carbocycles. The zero-order valence-electron chi connectivity index (χ0n) is 8.95. The van der Waals surface area contributed by atoms with Crippen molar-refractivity contribution in [1.82, 2.24) is 9.80 Å². The number of rotatable bonds is 0. The van der Waals surface area contributed by atoms with Gasteiger partial charge in [-0.15, -0.1) is 0 Å². The number of piperazine rings is 1. The van der Waals surface area contributed by atoms with Crippen LogP contribution in [-0.4, -0.2) is 60.6 Å². The van der Waals surface area contributed by atoms with Crippen LogP contribution in [0.5, 0.6) is 0 Å². The molecular weight excluding hydrogens is 168 g/mol. The quantitative estimate of drug-likeness (QED) is 0.595. The molecule has 4 nitrogen and oxygen atoms in total. The third-order valence-electron chi connectivity index (χ3n) is 2.16. The third kappa shape index (κ3) is 6.54. The van der Waals surface area contributed by atoms with Crippen molar-refractivity contribution >= 4 is 5.97 Å². The van der Waals surface area contributed by atoms with E-state index in [1.54, 1.807) is 0 Å². The zero-order valence-corrected chi connectivity index (χ0v) is 8.95. The fourth-order valence-electron chi connectivity index (χ4n) is 1.23. The Morgan fingerprint density at radius 2 is 1.85 bits per heavy atom. The Hall–Kier alpha value is -0.610. The first-order chi connectivity index (χ1) is 5.93. The SMILES string of the molecule is CC(=O)O.CC1CN(C)CCN1C. The van der Waals surface area contributed by atoms with E-state index < -0.39 is 5.97 Å². The molecule has 1 atom stereocenters. The summed E-state index contributed by atoms with van der Waals surface area (Å²) in [5, 5.41) is 7.42. The average molecular weight is 188 g/mol. The molecule has 78 valence electrons. The smallest absolute Gasteiger partial charge is 0.300 e. The largest absolute Gasteiger partial charge is 0.481 e. The summed E-state index contributed by atoms with van der Waals surface area (Å²) < 4.78 is 0. The van der Waals surface area contributed by atoms with Gasteiger partial charge in [0.2, 0.25) is 0 Å². The maximum atomic E-state index is 9.00. The lowest BCUT2D eigenvalue weighted by atomic mass is 10.2. The summed E-state index contributed by atoms with van der Waals surface area (Å²) in [6.45, 7) is 7.02. The number of likely N-dealkylation sites (N-methyl/N-ethyl adjacent to an activating group) is 2. The number of hydrogen-bond acceptors (Lipinski definition) is 3. The maximum absolute atomic E-state index is 9.00. The van der Waals surface area contributed by atoms with Crippen LogP contribution in [0.1, 0.15) is 13.8 Å². The second-order valence-corrected chi connectivity index (χ2v) is 3.61. The van der Waals surface area contributed by atoms with Crippen LogP contribution in [-0.2, 0) is 4.79 Å². The molecule has 1 heterocycles. The Balaban J connectivity index is 0.000000310. The van der Waals surface area contributed by atoms with Gasteiger partial charge in [-0.05, 0) is 21.0 Å². The van der Waals surface area contributed by atoms with E-state index in [4.69, 9.17) is 9.90 Å². The van der Waals surface area contributed by atoms with Gasteiger partial charge in [0.15, 0.2) is 0 Å². The first-order valence-corrected chi connectivity index (χ1v) is 4.51. The van der Waals surface area contributed by atoms with Gasteiger partial charge in [0.05, 0.1) is 0 Å². The van der Waals surface area contributed by atoms with Crippen LogP contribution < -0.4 is 0 Å². The Kier molecular flexibility index (Phi) is 5.66. The summed E-state index contributed by atoms with van der Waals surface area (Å²) in [7, 11) is 4.38. The van der Waals surface area contributed by atoms with Gasteiger partial charge in [-0.25, -0.2) is 0 Å². The Morgan fingerprint density at radius 1 is 1.38 bits per heavy atom. The van der Waals surface area contributed by atoms with Gasteiger partial charge in [0, 0.05) is 32.6 Å². The fraction of sp³-hybridized carbons (Fsp3) is 0.889. The second-order valence-electron chi connectivity index (χ2n) is 3.61. The predicted molar refractivity (Wildman–Crippen MR) is 52.9 cm³/mol. The number of hydrogen-bond donors (Lipinski definition) is 1. The summed E-state index contributed by atoms with van der Waals surface area (Å²) in [6.07, 6.45) is 0. The van der Waals surface area contributed by atoms with Crippen LogP contribution in [0.25, 0.3) is 0 Å². The average Bonchev–Trinajstić information content (AvgIpc) is 1.96. The van der Waals surface area contributed by atoms with Crippen LogP contribution in [0.2, 0.25) is 0 Å². The molecule has 1 unspecified atom stereocenters. The van der Waals surface area contributed by atoms with Crippen LogP contribution in [0.15, 0.2) is 0 Å². The number of aliphatic carboxylic acids is 1. The van der Waals surface area contributed by atoms with E-state index in [0.29, 0.717) is 0 Å². The highest BCUT2D eigenvalue weighted by Gasteiger charge is 2.16. The highest BCUT2D eigenvalue weighted by molar-refractivity contribution is 5.62. The third-order valence-corrected chi connectivity index (χ3v) is 2.16. The molecule has 0 aromatic carbocycles. The first-order valence-electron chi connectivity index (χ1n) is 4.51. The van der Waals surface area contributed by atoms with Crippen LogP contribution >= 0.6 is 0 Å². The highest BCUT2D eigenvalue weighted by atomic mass is 16.4. The number of carboxylic acids is 1. The van der Waals surface area contributed by atoms with Crippen molar-refractivity contribution in [2.75, 3.05) is 33.7 Å². The summed E-state index contributed by atoms with van der Waals surface area (Å²) >= 11 is 0. The molecule has 1 rings (SSSR count). The number of carbonyl (C=O) groups is 1. The lowest BCUT2D eigenvalue weighted by Gasteiger charge is -2.35. The molecule has 4 heteroatoms. The lowest BCUT2D eigenvalue weighted by Crippen LogP contribution is -2.48. The van der Waals surface area contributed by atoms with Crippen molar-refractivity contribution in [2.45, 2.75) is 19.9 Å². The van der Waals surface area contributed by atoms with Gasteiger partial charge < -0.3 is 14.9 Å². The monoisotopic (exact) mass is 188 g/mol. The molecular formula is C9H20N2O2. The van der Waals surface area contributed by atoms with Gasteiger partial charge in [-0.3, -0.25) is 4.79 Å². The molecule has 0 saturated carbocycles. The molecule has 1 aliphatic rings. The Morgan fingerprint density at radius 3 is 2.15 bits per heavy atom. The fourth-order valence-corrected chi connectivity index (χ4v) is 1.23. The highest BCUT2D eigenvalue weighted by Crippen LogP contribution is 2.03. The summed E-state index contributed by atoms with van der Waals surface area (Å²) in [4.78, 5) is 13.8. The lowest BCUT2D eigenvalue weighted by molar-refractivity contribution is -0.134. The molecule has 0 amide bonds. The van der Waals surface area contributed by atoms with E-state index in [1.165, 1.54) is 19.6 Å². The summed E-state index contributed by atoms with van der Waals surface area (Å²) in [5.74, 6) is -0.833. The predicted octanol–water partition coefficient (Wildman–Crippen LogP) is 0.343. The molecule has 1 saturated heterocycles. The van der Waals surface area contributed by atoms with E-state index >= 15 is 0 Å². The van der Waals surface area contributed by atoms with Crippen molar-refractivity contribution in [3.63, 3.8) is 0 Å². The summed E-state index contributed by atoms with van der Waals surface area (Å²) in [6, 6.07) is 0.740. The normalized spacial score (nSPS) is 24.8. The number of carboxylic acid groups (broad SMARTS) is 1. The van der Waals surface area contributed by atoms with Crippen LogP contribution in [0.4, 0.5) is 0 Å². The standard InChI is InChI=1S/C7H16N2.C2H4O2/c1-7-6-8(2)4-5-9(7)3;1-2(3)4/h7H,4-6H2,1-3H3;1H3,(H,3,4). The first kappa shape index (κ1) is 12.4. The molecule has 1 fully saturated rings. The summed E-state index contributed by atoms with van der Waals surface area (Å²) in [5.41, 5.74) is 0. The van der Waals surface area contributed by atoms with Crippen LogP contribution in [0.3, 0.4) is 0 Å². The van der Waals surface area contributed by atoms with E-state index in [0.717, 1.165) is 13.0 Å². The van der Waals surface area contributed by atoms with Crippen molar-refractivity contribution in [1.29, 1.82) is 0 Å². The van der Waals surface area contributed by atoms with E-state index in [2.05, 4.69) is 30.8 Å². The van der Waals surface area contributed by atoms with Gasteiger partial charge in [0.1, 0.15) is 0 Å². The van der Waals surface area contributed by atoms with Gasteiger partial charge in [-0.2, -0.15) is 0 Å². The van der Waals surface area contributed by atoms with E-state index in [-0.39, 0.29) is 0 Å².